The molecule has 0 spiro atoms. The van der Waals surface area contributed by atoms with Gasteiger partial charge in [0.2, 0.25) is 5.91 Å². The highest BCUT2D eigenvalue weighted by Gasteiger charge is 2.41. The number of anilines is 1. The van der Waals surface area contributed by atoms with Crippen LogP contribution in [0.2, 0.25) is 0 Å². The van der Waals surface area contributed by atoms with Crippen molar-refractivity contribution in [1.82, 2.24) is 0 Å². The first-order valence-corrected chi connectivity index (χ1v) is 7.32. The number of carbonyl (C=O) groups is 1. The number of amides is 1. The summed E-state index contributed by atoms with van der Waals surface area (Å²) in [6.07, 6.45) is 5.41. The van der Waals surface area contributed by atoms with Crippen molar-refractivity contribution < 1.29 is 9.18 Å². The molecule has 5 heteroatoms. The second-order valence-electron chi connectivity index (χ2n) is 5.33. The third kappa shape index (κ3) is 3.15. The zero-order valence-corrected chi connectivity index (χ0v) is 12.1. The minimum Gasteiger partial charge on any atom is -0.392 e. The molecule has 108 valence electrons. The van der Waals surface area contributed by atoms with Crippen LogP contribution in [0.5, 0.6) is 0 Å². The van der Waals surface area contributed by atoms with Crippen molar-refractivity contribution in [3.05, 3.63) is 30.1 Å². The maximum absolute atomic E-state index is 13.2. The first kappa shape index (κ1) is 14.9. The number of hydrogen-bond donors (Lipinski definition) is 2. The molecule has 0 atom stereocenters. The quantitative estimate of drug-likeness (QED) is 0.663. The first-order chi connectivity index (χ1) is 9.54. The van der Waals surface area contributed by atoms with Gasteiger partial charge in [0.1, 0.15) is 5.82 Å². The maximum Gasteiger partial charge on any atom is 0.237 e. The molecule has 0 saturated heterocycles. The van der Waals surface area contributed by atoms with Gasteiger partial charge in [-0.25, -0.2) is 4.39 Å². The van der Waals surface area contributed by atoms with E-state index in [9.17, 15) is 9.18 Å². The van der Waals surface area contributed by atoms with Crippen molar-refractivity contribution in [3.8, 4) is 0 Å². The van der Waals surface area contributed by atoms with Crippen LogP contribution in [0.15, 0.2) is 24.3 Å². The molecule has 1 aromatic carbocycles. The number of nitrogens with two attached hydrogens (primary N) is 1. The topological polar surface area (TPSA) is 55.1 Å². The smallest absolute Gasteiger partial charge is 0.237 e. The van der Waals surface area contributed by atoms with Crippen molar-refractivity contribution in [1.29, 1.82) is 0 Å². The predicted octanol–water partition coefficient (Wildman–Crippen LogP) is 3.39. The fourth-order valence-corrected chi connectivity index (χ4v) is 3.03. The third-order valence-electron chi connectivity index (χ3n) is 3.95. The lowest BCUT2D eigenvalue weighted by Crippen LogP contribution is -2.45. The molecule has 3 nitrogen and oxygen atoms in total. The Morgan fingerprint density at radius 1 is 1.25 bits per heavy atom. The molecule has 20 heavy (non-hydrogen) atoms. The Bertz CT molecular complexity index is 510. The molecule has 0 aromatic heterocycles. The van der Waals surface area contributed by atoms with Crippen LogP contribution in [0.4, 0.5) is 10.1 Å². The van der Waals surface area contributed by atoms with E-state index in [2.05, 4.69) is 5.32 Å². The molecule has 1 amide bonds. The van der Waals surface area contributed by atoms with E-state index >= 15 is 0 Å². The molecular weight excluding hydrogens is 275 g/mol. The number of benzene rings is 1. The molecule has 1 aromatic rings. The summed E-state index contributed by atoms with van der Waals surface area (Å²) in [5.41, 5.74) is 5.50. The van der Waals surface area contributed by atoms with Crippen molar-refractivity contribution in [2.45, 2.75) is 38.5 Å². The summed E-state index contributed by atoms with van der Waals surface area (Å²) in [6.45, 7) is 0. The Morgan fingerprint density at radius 3 is 2.45 bits per heavy atom. The monoisotopic (exact) mass is 294 g/mol. The maximum atomic E-state index is 13.2. The molecule has 1 fully saturated rings. The van der Waals surface area contributed by atoms with E-state index in [-0.39, 0.29) is 16.7 Å². The molecule has 1 saturated carbocycles. The summed E-state index contributed by atoms with van der Waals surface area (Å²) in [6, 6.07) is 5.85. The molecule has 1 aliphatic rings. The van der Waals surface area contributed by atoms with Gasteiger partial charge in [-0.15, -0.1) is 0 Å². The Morgan fingerprint density at radius 2 is 1.90 bits per heavy atom. The highest BCUT2D eigenvalue weighted by Crippen LogP contribution is 2.36. The summed E-state index contributed by atoms with van der Waals surface area (Å²) < 4.78 is 13.2. The second-order valence-corrected chi connectivity index (χ2v) is 5.76. The summed E-state index contributed by atoms with van der Waals surface area (Å²) in [4.78, 5) is 12.8. The van der Waals surface area contributed by atoms with Gasteiger partial charge in [0.25, 0.3) is 0 Å². The van der Waals surface area contributed by atoms with Gasteiger partial charge in [-0.05, 0) is 31.0 Å². The van der Waals surface area contributed by atoms with E-state index in [1.165, 1.54) is 12.1 Å². The Balaban J connectivity index is 2.21. The SMILES string of the molecule is NC(=S)C1(C(=O)Nc2cccc(F)c2)CCCCCC1. The van der Waals surface area contributed by atoms with Gasteiger partial charge in [-0.3, -0.25) is 4.79 Å². The van der Waals surface area contributed by atoms with Crippen LogP contribution in [0.1, 0.15) is 38.5 Å². The zero-order valence-electron chi connectivity index (χ0n) is 11.3. The van der Waals surface area contributed by atoms with Gasteiger partial charge in [0.05, 0.1) is 10.4 Å². The molecule has 2 rings (SSSR count). The van der Waals surface area contributed by atoms with Gasteiger partial charge in [0, 0.05) is 5.69 Å². The van der Waals surface area contributed by atoms with Crippen LogP contribution in [-0.4, -0.2) is 10.9 Å². The minimum absolute atomic E-state index is 0.211. The fourth-order valence-electron chi connectivity index (χ4n) is 2.73. The van der Waals surface area contributed by atoms with Crippen LogP contribution < -0.4 is 11.1 Å². The standard InChI is InChI=1S/C15H19FN2OS/c16-11-6-5-7-12(10-11)18-14(19)15(13(17)20)8-3-1-2-4-9-15/h5-7,10H,1-4,8-9H2,(H2,17,20)(H,18,19). The largest absolute Gasteiger partial charge is 0.392 e. The van der Waals surface area contributed by atoms with Crippen LogP contribution in [0, 0.1) is 11.2 Å². The summed E-state index contributed by atoms with van der Waals surface area (Å²) >= 11 is 5.15. The molecule has 0 radical (unpaired) electrons. The lowest BCUT2D eigenvalue weighted by atomic mass is 9.79. The molecule has 0 unspecified atom stereocenters. The Labute approximate surface area is 123 Å². The molecule has 0 aliphatic heterocycles. The number of hydrogen-bond acceptors (Lipinski definition) is 2. The van der Waals surface area contributed by atoms with Gasteiger partial charge < -0.3 is 11.1 Å². The lowest BCUT2D eigenvalue weighted by Gasteiger charge is -2.30. The van der Waals surface area contributed by atoms with E-state index in [1.54, 1.807) is 12.1 Å². The normalized spacial score (nSPS) is 18.1. The Kier molecular flexibility index (Phi) is 4.70. The molecule has 1 aliphatic carbocycles. The van der Waals surface area contributed by atoms with E-state index in [0.717, 1.165) is 25.7 Å². The highest BCUT2D eigenvalue weighted by atomic mass is 32.1. The molecule has 0 heterocycles. The lowest BCUT2D eigenvalue weighted by molar-refractivity contribution is -0.122. The highest BCUT2D eigenvalue weighted by molar-refractivity contribution is 7.80. The van der Waals surface area contributed by atoms with E-state index in [1.807, 2.05) is 0 Å². The van der Waals surface area contributed by atoms with E-state index < -0.39 is 5.41 Å². The number of halogens is 1. The fraction of sp³-hybridized carbons (Fsp3) is 0.467. The van der Waals surface area contributed by atoms with Crippen LogP contribution in [0.25, 0.3) is 0 Å². The van der Waals surface area contributed by atoms with E-state index in [4.69, 9.17) is 18.0 Å². The molecule has 3 N–H and O–H groups in total. The predicted molar refractivity (Wildman–Crippen MR) is 82.0 cm³/mol. The van der Waals surface area contributed by atoms with Gasteiger partial charge in [-0.2, -0.15) is 0 Å². The van der Waals surface area contributed by atoms with Crippen molar-refractivity contribution in [3.63, 3.8) is 0 Å². The van der Waals surface area contributed by atoms with Crippen molar-refractivity contribution in [2.75, 3.05) is 5.32 Å². The zero-order chi connectivity index (χ0) is 14.6. The summed E-state index contributed by atoms with van der Waals surface area (Å²) in [7, 11) is 0. The number of thiocarbonyl (C=S) groups is 1. The molecular formula is C15H19FN2OS. The first-order valence-electron chi connectivity index (χ1n) is 6.91. The molecule has 0 bridgehead atoms. The van der Waals surface area contributed by atoms with Crippen LogP contribution in [0.3, 0.4) is 0 Å². The average Bonchev–Trinajstić information content (AvgIpc) is 2.65. The second kappa shape index (κ2) is 6.31. The van der Waals surface area contributed by atoms with Crippen LogP contribution in [-0.2, 0) is 4.79 Å². The van der Waals surface area contributed by atoms with Gasteiger partial charge in [0.15, 0.2) is 0 Å². The number of rotatable bonds is 3. The van der Waals surface area contributed by atoms with E-state index in [0.29, 0.717) is 18.5 Å². The average molecular weight is 294 g/mol. The van der Waals surface area contributed by atoms with Crippen LogP contribution >= 0.6 is 12.2 Å². The Hall–Kier alpha value is -1.49. The third-order valence-corrected chi connectivity index (χ3v) is 4.34. The number of carbonyl (C=O) groups excluding carboxylic acids is 1. The number of nitrogens with one attached hydrogen (secondary N) is 1. The minimum atomic E-state index is -0.794. The van der Waals surface area contributed by atoms with Crippen molar-refractivity contribution >= 4 is 28.8 Å². The summed E-state index contributed by atoms with van der Waals surface area (Å²) in [5, 5.41) is 2.76. The van der Waals surface area contributed by atoms with Gasteiger partial charge in [-0.1, -0.05) is 44.0 Å². The van der Waals surface area contributed by atoms with Gasteiger partial charge >= 0.3 is 0 Å². The van der Waals surface area contributed by atoms with Crippen molar-refractivity contribution in [2.24, 2.45) is 11.1 Å². The summed E-state index contributed by atoms with van der Waals surface area (Å²) in [5.74, 6) is -0.592.